The topological polar surface area (TPSA) is 83.5 Å². The van der Waals surface area contributed by atoms with Crippen LogP contribution in [0.2, 0.25) is 0 Å². The lowest BCUT2D eigenvalue weighted by Crippen LogP contribution is -2.27. The summed E-state index contributed by atoms with van der Waals surface area (Å²) < 4.78 is 10.8. The predicted molar refractivity (Wildman–Crippen MR) is 72.3 cm³/mol. The van der Waals surface area contributed by atoms with Crippen LogP contribution in [0.3, 0.4) is 0 Å². The van der Waals surface area contributed by atoms with Crippen LogP contribution in [-0.4, -0.2) is 39.7 Å². The molecule has 0 saturated carbocycles. The number of hydrogen-bond acceptors (Lipinski definition) is 4. The average molecular weight is 287 g/mol. The molecule has 7 heteroatoms. The van der Waals surface area contributed by atoms with E-state index in [4.69, 9.17) is 5.11 Å². The first-order valence-electron chi connectivity index (χ1n) is 5.07. The van der Waals surface area contributed by atoms with Crippen LogP contribution in [0.1, 0.15) is 15.2 Å². The third-order valence-corrected chi connectivity index (χ3v) is 3.69. The fourth-order valence-electron chi connectivity index (χ4n) is 1.18. The Kier molecular flexibility index (Phi) is 5.73. The highest BCUT2D eigenvalue weighted by Crippen LogP contribution is 2.18. The van der Waals surface area contributed by atoms with Gasteiger partial charge in [-0.3, -0.25) is 9.00 Å². The van der Waals surface area contributed by atoms with Crippen LogP contribution < -0.4 is 5.32 Å². The molecule has 0 spiro atoms. The zero-order valence-electron chi connectivity index (χ0n) is 9.71. The number of amides is 1. The molecule has 1 heterocycles. The van der Waals surface area contributed by atoms with Gasteiger partial charge in [-0.15, -0.1) is 11.3 Å². The molecule has 0 radical (unpaired) electrons. The average Bonchev–Trinajstić information content (AvgIpc) is 2.73. The van der Waals surface area contributed by atoms with Gasteiger partial charge in [0.25, 0.3) is 5.91 Å². The molecule has 0 fully saturated rings. The summed E-state index contributed by atoms with van der Waals surface area (Å²) in [6.45, 7) is 0.335. The second kappa shape index (κ2) is 7.07. The molecule has 0 aliphatic carbocycles. The maximum Gasteiger partial charge on any atom is 0.328 e. The van der Waals surface area contributed by atoms with Crippen molar-refractivity contribution in [2.75, 3.05) is 18.6 Å². The summed E-state index contributed by atoms with van der Waals surface area (Å²) in [6, 6.07) is 1.68. The molecule has 1 amide bonds. The van der Waals surface area contributed by atoms with Crippen LogP contribution in [-0.2, 0) is 15.6 Å². The fourth-order valence-corrected chi connectivity index (χ4v) is 2.38. The summed E-state index contributed by atoms with van der Waals surface area (Å²) in [5.74, 6) is -0.938. The Morgan fingerprint density at radius 2 is 2.28 bits per heavy atom. The molecule has 1 aromatic heterocycles. The lowest BCUT2D eigenvalue weighted by atomic mass is 10.2. The van der Waals surface area contributed by atoms with Crippen LogP contribution in [0.15, 0.2) is 17.5 Å². The summed E-state index contributed by atoms with van der Waals surface area (Å²) in [4.78, 5) is 22.6. The molecule has 1 rings (SSSR count). The zero-order chi connectivity index (χ0) is 13.5. The van der Waals surface area contributed by atoms with E-state index in [0.29, 0.717) is 22.7 Å². The van der Waals surface area contributed by atoms with Gasteiger partial charge in [0.15, 0.2) is 0 Å². The van der Waals surface area contributed by atoms with Crippen molar-refractivity contribution in [3.8, 4) is 0 Å². The number of carboxylic acid groups (broad SMARTS) is 1. The van der Waals surface area contributed by atoms with E-state index in [0.717, 1.165) is 6.08 Å². The number of carbonyl (C=O) groups is 2. The minimum Gasteiger partial charge on any atom is -0.478 e. The van der Waals surface area contributed by atoms with Crippen molar-refractivity contribution in [2.45, 2.75) is 0 Å². The number of rotatable bonds is 6. The number of thiophene rings is 1. The zero-order valence-corrected chi connectivity index (χ0v) is 11.3. The van der Waals surface area contributed by atoms with Gasteiger partial charge in [0.2, 0.25) is 0 Å². The molecule has 1 aromatic rings. The minimum absolute atomic E-state index is 0.277. The van der Waals surface area contributed by atoms with Crippen molar-refractivity contribution in [3.63, 3.8) is 0 Å². The molecule has 0 bridgehead atoms. The quantitative estimate of drug-likeness (QED) is 0.763. The van der Waals surface area contributed by atoms with E-state index in [-0.39, 0.29) is 5.91 Å². The fraction of sp³-hybridized carbons (Fsp3) is 0.273. The van der Waals surface area contributed by atoms with Crippen LogP contribution in [0.5, 0.6) is 0 Å². The van der Waals surface area contributed by atoms with Crippen LogP contribution in [0.4, 0.5) is 0 Å². The lowest BCUT2D eigenvalue weighted by Gasteiger charge is -2.02. The summed E-state index contributed by atoms with van der Waals surface area (Å²) in [5, 5.41) is 12.9. The van der Waals surface area contributed by atoms with E-state index in [2.05, 4.69) is 5.32 Å². The van der Waals surface area contributed by atoms with Gasteiger partial charge < -0.3 is 10.4 Å². The van der Waals surface area contributed by atoms with Gasteiger partial charge in [0.1, 0.15) is 0 Å². The second-order valence-corrected chi connectivity index (χ2v) is 5.88. The largest absolute Gasteiger partial charge is 0.478 e. The van der Waals surface area contributed by atoms with E-state index in [9.17, 15) is 13.8 Å². The number of hydrogen-bond donors (Lipinski definition) is 2. The SMILES string of the molecule is CS(=O)CCNC(=O)c1sccc1/C=C/C(=O)O. The molecule has 0 aliphatic rings. The standard InChI is InChI=1S/C11H13NO4S2/c1-18(16)7-5-12-11(15)10-8(4-6-17-10)2-3-9(13)14/h2-4,6H,5,7H2,1H3,(H,12,15)(H,13,14)/b3-2+. The van der Waals surface area contributed by atoms with Gasteiger partial charge in [0, 0.05) is 35.4 Å². The van der Waals surface area contributed by atoms with E-state index >= 15 is 0 Å². The summed E-state index contributed by atoms with van der Waals surface area (Å²) in [6.07, 6.45) is 3.93. The highest BCUT2D eigenvalue weighted by Gasteiger charge is 2.11. The molecule has 0 aromatic carbocycles. The van der Waals surface area contributed by atoms with Crippen molar-refractivity contribution in [1.82, 2.24) is 5.32 Å². The van der Waals surface area contributed by atoms with Crippen LogP contribution >= 0.6 is 11.3 Å². The van der Waals surface area contributed by atoms with Crippen molar-refractivity contribution in [1.29, 1.82) is 0 Å². The maximum absolute atomic E-state index is 11.8. The number of nitrogens with one attached hydrogen (secondary N) is 1. The van der Waals surface area contributed by atoms with E-state index in [1.54, 1.807) is 17.7 Å². The van der Waals surface area contributed by atoms with Crippen molar-refractivity contribution in [3.05, 3.63) is 28.0 Å². The van der Waals surface area contributed by atoms with Gasteiger partial charge in [-0.25, -0.2) is 4.79 Å². The van der Waals surface area contributed by atoms with Gasteiger partial charge >= 0.3 is 5.97 Å². The van der Waals surface area contributed by atoms with Crippen LogP contribution in [0.25, 0.3) is 6.08 Å². The summed E-state index contributed by atoms with van der Waals surface area (Å²) in [5.41, 5.74) is 0.567. The minimum atomic E-state index is -1.06. The van der Waals surface area contributed by atoms with E-state index in [1.807, 2.05) is 0 Å². The van der Waals surface area contributed by atoms with Crippen molar-refractivity contribution < 1.29 is 18.9 Å². The van der Waals surface area contributed by atoms with Crippen LogP contribution in [0, 0.1) is 0 Å². The van der Waals surface area contributed by atoms with Gasteiger partial charge in [0.05, 0.1) is 4.88 Å². The molecular formula is C11H13NO4S2. The highest BCUT2D eigenvalue weighted by atomic mass is 32.2. The third kappa shape index (κ3) is 4.80. The number of aliphatic carboxylic acids is 1. The van der Waals surface area contributed by atoms with Gasteiger partial charge in [-0.05, 0) is 23.1 Å². The summed E-state index contributed by atoms with van der Waals surface area (Å²) in [7, 11) is -0.947. The monoisotopic (exact) mass is 287 g/mol. The van der Waals surface area contributed by atoms with Crippen molar-refractivity contribution in [2.24, 2.45) is 0 Å². The first kappa shape index (κ1) is 14.6. The Hall–Kier alpha value is -1.47. The second-order valence-electron chi connectivity index (χ2n) is 3.41. The number of carboxylic acids is 1. The predicted octanol–water partition coefficient (Wildman–Crippen LogP) is 0.954. The smallest absolute Gasteiger partial charge is 0.328 e. The lowest BCUT2D eigenvalue weighted by molar-refractivity contribution is -0.131. The molecule has 98 valence electrons. The van der Waals surface area contributed by atoms with E-state index in [1.165, 1.54) is 17.4 Å². The molecule has 1 atom stereocenters. The van der Waals surface area contributed by atoms with Crippen molar-refractivity contribution >= 4 is 40.1 Å². The first-order chi connectivity index (χ1) is 8.50. The molecule has 0 saturated heterocycles. The number of carbonyl (C=O) groups excluding carboxylic acids is 1. The highest BCUT2D eigenvalue weighted by molar-refractivity contribution is 7.84. The first-order valence-corrected chi connectivity index (χ1v) is 7.68. The Labute approximate surface area is 111 Å². The van der Waals surface area contributed by atoms with Gasteiger partial charge in [-0.1, -0.05) is 0 Å². The Morgan fingerprint density at radius 1 is 1.56 bits per heavy atom. The molecule has 2 N–H and O–H groups in total. The van der Waals surface area contributed by atoms with E-state index < -0.39 is 16.8 Å². The normalized spacial score (nSPS) is 12.5. The van der Waals surface area contributed by atoms with Gasteiger partial charge in [-0.2, -0.15) is 0 Å². The molecular weight excluding hydrogens is 274 g/mol. The molecule has 5 nitrogen and oxygen atoms in total. The Bertz CT molecular complexity index is 493. The third-order valence-electron chi connectivity index (χ3n) is 1.98. The molecule has 1 unspecified atom stereocenters. The maximum atomic E-state index is 11.8. The summed E-state index contributed by atoms with van der Waals surface area (Å²) >= 11 is 1.24. The molecule has 0 aliphatic heterocycles. The molecule has 18 heavy (non-hydrogen) atoms. The Morgan fingerprint density at radius 3 is 2.89 bits per heavy atom. The Balaban J connectivity index is 2.66.